The van der Waals surface area contributed by atoms with Crippen molar-refractivity contribution in [3.63, 3.8) is 0 Å². The molecule has 3 heterocycles. The van der Waals surface area contributed by atoms with Crippen LogP contribution < -0.4 is 4.90 Å². The van der Waals surface area contributed by atoms with Gasteiger partial charge >= 0.3 is 0 Å². The smallest absolute Gasteiger partial charge is 0.171 e. The molecule has 0 aliphatic carbocycles. The zero-order chi connectivity index (χ0) is 15.2. The zero-order valence-corrected chi connectivity index (χ0v) is 12.0. The molecule has 4 rings (SSSR count). The standard InChI is InChI=1S/C16H16F2N2O2/c17-12-9-11-14(10-13(12)18)19-4-1-15(11)20-5-2-16(3-6-20)21-7-8-22-16/h1,4,9-10H,2-3,5-8H2. The van der Waals surface area contributed by atoms with Gasteiger partial charge in [-0.05, 0) is 12.1 Å². The molecule has 1 spiro atoms. The van der Waals surface area contributed by atoms with Crippen LogP contribution >= 0.6 is 0 Å². The molecule has 0 bridgehead atoms. The maximum atomic E-state index is 13.6. The molecule has 2 saturated heterocycles. The lowest BCUT2D eigenvalue weighted by atomic mass is 10.0. The third-order valence-corrected chi connectivity index (χ3v) is 4.44. The Morgan fingerprint density at radius 3 is 2.45 bits per heavy atom. The number of aromatic nitrogens is 1. The molecule has 0 N–H and O–H groups in total. The number of ether oxygens (including phenoxy) is 2. The van der Waals surface area contributed by atoms with Crippen LogP contribution in [0.15, 0.2) is 24.4 Å². The van der Waals surface area contributed by atoms with E-state index in [-0.39, 0.29) is 0 Å². The first-order valence-electron chi connectivity index (χ1n) is 7.44. The summed E-state index contributed by atoms with van der Waals surface area (Å²) in [6, 6.07) is 4.21. The van der Waals surface area contributed by atoms with Crippen LogP contribution in [0.2, 0.25) is 0 Å². The summed E-state index contributed by atoms with van der Waals surface area (Å²) in [5.41, 5.74) is 1.34. The van der Waals surface area contributed by atoms with Crippen molar-refractivity contribution in [2.75, 3.05) is 31.2 Å². The summed E-state index contributed by atoms with van der Waals surface area (Å²) in [4.78, 5) is 6.28. The number of halogens is 2. The van der Waals surface area contributed by atoms with Crippen molar-refractivity contribution in [2.45, 2.75) is 18.6 Å². The molecular weight excluding hydrogens is 290 g/mol. The minimum Gasteiger partial charge on any atom is -0.371 e. The third kappa shape index (κ3) is 2.23. The Hall–Kier alpha value is -1.79. The van der Waals surface area contributed by atoms with E-state index in [1.165, 1.54) is 6.07 Å². The Morgan fingerprint density at radius 1 is 1.05 bits per heavy atom. The number of anilines is 1. The Bertz CT molecular complexity index is 707. The van der Waals surface area contributed by atoms with Gasteiger partial charge in [0, 0.05) is 49.3 Å². The number of hydrogen-bond donors (Lipinski definition) is 0. The van der Waals surface area contributed by atoms with E-state index in [1.807, 2.05) is 6.07 Å². The van der Waals surface area contributed by atoms with E-state index in [4.69, 9.17) is 9.47 Å². The van der Waals surface area contributed by atoms with Crippen molar-refractivity contribution in [1.29, 1.82) is 0 Å². The normalized spacial score (nSPS) is 20.9. The molecule has 2 aliphatic heterocycles. The Balaban J connectivity index is 1.66. The minimum atomic E-state index is -0.873. The van der Waals surface area contributed by atoms with Crippen molar-refractivity contribution in [3.05, 3.63) is 36.0 Å². The molecule has 0 atom stereocenters. The van der Waals surface area contributed by atoms with E-state index in [0.717, 1.165) is 37.7 Å². The van der Waals surface area contributed by atoms with Gasteiger partial charge in [-0.1, -0.05) is 0 Å². The van der Waals surface area contributed by atoms with Crippen molar-refractivity contribution >= 4 is 16.6 Å². The highest BCUT2D eigenvalue weighted by Gasteiger charge is 2.40. The summed E-state index contributed by atoms with van der Waals surface area (Å²) in [7, 11) is 0. The quantitative estimate of drug-likeness (QED) is 0.811. The topological polar surface area (TPSA) is 34.6 Å². The average molecular weight is 306 g/mol. The second-order valence-corrected chi connectivity index (χ2v) is 5.71. The van der Waals surface area contributed by atoms with Crippen LogP contribution in [0.5, 0.6) is 0 Å². The van der Waals surface area contributed by atoms with Crippen LogP contribution in [0.3, 0.4) is 0 Å². The number of fused-ring (bicyclic) bond motifs is 1. The lowest BCUT2D eigenvalue weighted by molar-refractivity contribution is -0.169. The number of benzene rings is 1. The van der Waals surface area contributed by atoms with Crippen LogP contribution in [0.25, 0.3) is 10.9 Å². The fourth-order valence-corrected chi connectivity index (χ4v) is 3.28. The molecule has 1 aromatic carbocycles. The van der Waals surface area contributed by atoms with E-state index in [9.17, 15) is 8.78 Å². The predicted octanol–water partition coefficient (Wildman–Crippen LogP) is 2.86. The zero-order valence-electron chi connectivity index (χ0n) is 12.0. The second-order valence-electron chi connectivity index (χ2n) is 5.71. The number of piperidine rings is 1. The lowest BCUT2D eigenvalue weighted by Crippen LogP contribution is -2.45. The summed E-state index contributed by atoms with van der Waals surface area (Å²) in [5, 5.41) is 0.630. The number of hydrogen-bond acceptors (Lipinski definition) is 4. The highest BCUT2D eigenvalue weighted by molar-refractivity contribution is 5.91. The van der Waals surface area contributed by atoms with Crippen molar-refractivity contribution < 1.29 is 18.3 Å². The average Bonchev–Trinajstić information content (AvgIpc) is 2.97. The molecule has 0 unspecified atom stereocenters. The molecule has 22 heavy (non-hydrogen) atoms. The first-order valence-corrected chi connectivity index (χ1v) is 7.44. The molecule has 2 fully saturated rings. The summed E-state index contributed by atoms with van der Waals surface area (Å²) < 4.78 is 38.4. The van der Waals surface area contributed by atoms with Gasteiger partial charge in [0.05, 0.1) is 18.7 Å². The minimum absolute atomic E-state index is 0.448. The maximum Gasteiger partial charge on any atom is 0.171 e. The SMILES string of the molecule is Fc1cc2nccc(N3CCC4(CC3)OCCO4)c2cc1F. The summed E-state index contributed by atoms with van der Waals surface area (Å²) in [6.45, 7) is 2.78. The van der Waals surface area contributed by atoms with Gasteiger partial charge in [-0.25, -0.2) is 8.78 Å². The van der Waals surface area contributed by atoms with Crippen LogP contribution in [0, 0.1) is 11.6 Å². The fraction of sp³-hybridized carbons (Fsp3) is 0.438. The first kappa shape index (κ1) is 13.8. The highest BCUT2D eigenvalue weighted by Crippen LogP contribution is 2.35. The van der Waals surface area contributed by atoms with Gasteiger partial charge in [-0.3, -0.25) is 4.98 Å². The molecule has 2 aliphatic rings. The highest BCUT2D eigenvalue weighted by atomic mass is 19.2. The van der Waals surface area contributed by atoms with Crippen LogP contribution in [-0.4, -0.2) is 37.1 Å². The van der Waals surface area contributed by atoms with Crippen LogP contribution in [0.4, 0.5) is 14.5 Å². The van der Waals surface area contributed by atoms with Gasteiger partial charge in [-0.2, -0.15) is 0 Å². The fourth-order valence-electron chi connectivity index (χ4n) is 3.28. The van der Waals surface area contributed by atoms with E-state index in [0.29, 0.717) is 24.1 Å². The van der Waals surface area contributed by atoms with Crippen LogP contribution in [-0.2, 0) is 9.47 Å². The van der Waals surface area contributed by atoms with E-state index in [2.05, 4.69) is 9.88 Å². The molecule has 4 nitrogen and oxygen atoms in total. The first-order chi connectivity index (χ1) is 10.7. The van der Waals surface area contributed by atoms with Crippen molar-refractivity contribution in [1.82, 2.24) is 4.98 Å². The molecule has 116 valence electrons. The van der Waals surface area contributed by atoms with Gasteiger partial charge in [0.1, 0.15) is 0 Å². The Labute approximate surface area is 126 Å². The van der Waals surface area contributed by atoms with Crippen molar-refractivity contribution in [3.8, 4) is 0 Å². The van der Waals surface area contributed by atoms with Gasteiger partial charge < -0.3 is 14.4 Å². The summed E-state index contributed by atoms with van der Waals surface area (Å²) in [6.07, 6.45) is 3.16. The van der Waals surface area contributed by atoms with E-state index >= 15 is 0 Å². The Kier molecular flexibility index (Phi) is 3.23. The largest absolute Gasteiger partial charge is 0.371 e. The molecule has 6 heteroatoms. The number of rotatable bonds is 1. The molecular formula is C16H16F2N2O2. The summed E-state index contributed by atoms with van der Waals surface area (Å²) in [5.74, 6) is -2.17. The Morgan fingerprint density at radius 2 is 1.73 bits per heavy atom. The van der Waals surface area contributed by atoms with Gasteiger partial charge in [0.25, 0.3) is 0 Å². The van der Waals surface area contributed by atoms with E-state index < -0.39 is 17.4 Å². The predicted molar refractivity (Wildman–Crippen MR) is 77.7 cm³/mol. The lowest BCUT2D eigenvalue weighted by Gasteiger charge is -2.39. The second kappa shape index (κ2) is 5.14. The van der Waals surface area contributed by atoms with Gasteiger partial charge in [0.2, 0.25) is 0 Å². The van der Waals surface area contributed by atoms with Crippen LogP contribution in [0.1, 0.15) is 12.8 Å². The van der Waals surface area contributed by atoms with Gasteiger partial charge in [-0.15, -0.1) is 0 Å². The molecule has 1 aromatic heterocycles. The molecule has 0 radical (unpaired) electrons. The summed E-state index contributed by atoms with van der Waals surface area (Å²) >= 11 is 0. The third-order valence-electron chi connectivity index (χ3n) is 4.44. The monoisotopic (exact) mass is 306 g/mol. The molecule has 0 amide bonds. The van der Waals surface area contributed by atoms with Gasteiger partial charge in [0.15, 0.2) is 17.4 Å². The number of nitrogens with zero attached hydrogens (tertiary/aromatic N) is 2. The van der Waals surface area contributed by atoms with Crippen molar-refractivity contribution in [2.24, 2.45) is 0 Å². The molecule has 2 aromatic rings. The van der Waals surface area contributed by atoms with E-state index in [1.54, 1.807) is 6.20 Å². The number of pyridine rings is 1. The maximum absolute atomic E-state index is 13.6. The molecule has 0 saturated carbocycles.